The molecule has 0 atom stereocenters. The molecule has 0 saturated heterocycles. The summed E-state index contributed by atoms with van der Waals surface area (Å²) >= 11 is 5.85. The van der Waals surface area contributed by atoms with Crippen LogP contribution >= 0.6 is 11.6 Å². The quantitative estimate of drug-likeness (QED) is 0.833. The number of rotatable bonds is 3. The molecule has 0 unspecified atom stereocenters. The van der Waals surface area contributed by atoms with Crippen molar-refractivity contribution in [2.75, 3.05) is 10.5 Å². The van der Waals surface area contributed by atoms with Crippen LogP contribution in [0.3, 0.4) is 0 Å². The molecule has 0 radical (unpaired) electrons. The lowest BCUT2D eigenvalue weighted by Crippen LogP contribution is -2.14. The van der Waals surface area contributed by atoms with Gasteiger partial charge in [-0.15, -0.1) is 0 Å². The summed E-state index contributed by atoms with van der Waals surface area (Å²) in [6.45, 7) is 0. The Labute approximate surface area is 109 Å². The first-order chi connectivity index (χ1) is 8.49. The molecular formula is C10H9ClN4O2S. The summed E-state index contributed by atoms with van der Waals surface area (Å²) in [4.78, 5) is 7.51. The molecule has 6 nitrogen and oxygen atoms in total. The van der Waals surface area contributed by atoms with E-state index in [1.54, 1.807) is 0 Å². The van der Waals surface area contributed by atoms with Gasteiger partial charge in [0.15, 0.2) is 5.82 Å². The molecule has 2 aromatic rings. The van der Waals surface area contributed by atoms with Crippen LogP contribution in [-0.2, 0) is 10.0 Å². The van der Waals surface area contributed by atoms with Gasteiger partial charge in [0.05, 0.1) is 11.2 Å². The van der Waals surface area contributed by atoms with E-state index in [9.17, 15) is 8.42 Å². The van der Waals surface area contributed by atoms with Crippen molar-refractivity contribution in [3.63, 3.8) is 0 Å². The van der Waals surface area contributed by atoms with Crippen LogP contribution < -0.4 is 10.5 Å². The molecule has 0 aliphatic rings. The minimum atomic E-state index is -3.80. The molecule has 18 heavy (non-hydrogen) atoms. The van der Waals surface area contributed by atoms with Gasteiger partial charge in [-0.25, -0.2) is 13.4 Å². The fraction of sp³-hybridized carbons (Fsp3) is 0. The monoisotopic (exact) mass is 284 g/mol. The van der Waals surface area contributed by atoms with Gasteiger partial charge in [-0.05, 0) is 18.2 Å². The van der Waals surface area contributed by atoms with Gasteiger partial charge in [0, 0.05) is 18.1 Å². The fourth-order valence-electron chi connectivity index (χ4n) is 1.28. The van der Waals surface area contributed by atoms with E-state index >= 15 is 0 Å². The van der Waals surface area contributed by atoms with Gasteiger partial charge < -0.3 is 5.73 Å². The number of nitrogens with zero attached hydrogens (tertiary/aromatic N) is 2. The Morgan fingerprint density at radius 3 is 2.67 bits per heavy atom. The summed E-state index contributed by atoms with van der Waals surface area (Å²) in [6, 6.07) is 4.15. The number of halogens is 1. The van der Waals surface area contributed by atoms with Gasteiger partial charge in [0.2, 0.25) is 0 Å². The van der Waals surface area contributed by atoms with Gasteiger partial charge in [-0.3, -0.25) is 9.71 Å². The van der Waals surface area contributed by atoms with E-state index in [2.05, 4.69) is 14.7 Å². The second-order valence-electron chi connectivity index (χ2n) is 3.39. The molecule has 3 N–H and O–H groups in total. The van der Waals surface area contributed by atoms with Crippen LogP contribution in [0.2, 0.25) is 5.02 Å². The second-order valence-corrected chi connectivity index (χ2v) is 5.44. The third-order valence-corrected chi connectivity index (χ3v) is 3.89. The molecule has 0 bridgehead atoms. The number of nitrogens with two attached hydrogens (primary N) is 1. The topological polar surface area (TPSA) is 98.0 Å². The Balaban J connectivity index is 2.37. The summed E-state index contributed by atoms with van der Waals surface area (Å²) < 4.78 is 26.3. The Kier molecular flexibility index (Phi) is 3.35. The van der Waals surface area contributed by atoms with Crippen LogP contribution in [0.1, 0.15) is 0 Å². The van der Waals surface area contributed by atoms with Crippen LogP contribution in [0.25, 0.3) is 0 Å². The highest BCUT2D eigenvalue weighted by atomic mass is 35.5. The van der Waals surface area contributed by atoms with Crippen LogP contribution in [0.5, 0.6) is 0 Å². The molecule has 0 spiro atoms. The maximum atomic E-state index is 12.0. The average molecular weight is 285 g/mol. The third-order valence-electron chi connectivity index (χ3n) is 2.05. The summed E-state index contributed by atoms with van der Waals surface area (Å²) in [6.07, 6.45) is 4.11. The van der Waals surface area contributed by atoms with Gasteiger partial charge >= 0.3 is 0 Å². The van der Waals surface area contributed by atoms with Crippen LogP contribution in [0.4, 0.5) is 11.5 Å². The first-order valence-electron chi connectivity index (χ1n) is 4.83. The van der Waals surface area contributed by atoms with E-state index in [0.717, 1.165) is 0 Å². The molecule has 0 fully saturated rings. The number of sulfonamides is 1. The summed E-state index contributed by atoms with van der Waals surface area (Å²) in [5.74, 6) is 0.116. The van der Waals surface area contributed by atoms with Crippen molar-refractivity contribution in [2.24, 2.45) is 0 Å². The first-order valence-corrected chi connectivity index (χ1v) is 6.69. The van der Waals surface area contributed by atoms with Crippen molar-refractivity contribution in [3.05, 3.63) is 41.8 Å². The van der Waals surface area contributed by atoms with Crippen molar-refractivity contribution in [1.29, 1.82) is 0 Å². The molecule has 1 heterocycles. The lowest BCUT2D eigenvalue weighted by atomic mass is 10.3. The molecule has 2 rings (SSSR count). The number of anilines is 2. The molecule has 0 saturated carbocycles. The fourth-order valence-corrected chi connectivity index (χ4v) is 2.83. The molecule has 1 aromatic carbocycles. The van der Waals surface area contributed by atoms with Gasteiger partial charge in [-0.1, -0.05) is 11.6 Å². The number of aromatic nitrogens is 2. The standard InChI is InChI=1S/C10H9ClN4O2S/c11-8-5-7(12)1-2-9(8)18(16,17)15-10-6-13-3-4-14-10/h1-6H,12H2,(H,14,15). The zero-order valence-electron chi connectivity index (χ0n) is 9.04. The summed E-state index contributed by atoms with van der Waals surface area (Å²) in [5, 5.41) is 0.0476. The van der Waals surface area contributed by atoms with E-state index in [4.69, 9.17) is 17.3 Å². The predicted octanol–water partition coefficient (Wildman–Crippen LogP) is 1.51. The summed E-state index contributed by atoms with van der Waals surface area (Å²) in [5.41, 5.74) is 5.89. The van der Waals surface area contributed by atoms with Gasteiger partial charge in [0.1, 0.15) is 4.90 Å². The molecule has 1 aromatic heterocycles. The lowest BCUT2D eigenvalue weighted by Gasteiger charge is -2.08. The maximum absolute atomic E-state index is 12.0. The number of nitrogen functional groups attached to an aromatic ring is 1. The normalized spacial score (nSPS) is 11.2. The Morgan fingerprint density at radius 1 is 1.28 bits per heavy atom. The highest BCUT2D eigenvalue weighted by Crippen LogP contribution is 2.24. The highest BCUT2D eigenvalue weighted by molar-refractivity contribution is 7.92. The van der Waals surface area contributed by atoms with Gasteiger partial charge in [-0.2, -0.15) is 0 Å². The second kappa shape index (κ2) is 4.79. The van der Waals surface area contributed by atoms with E-state index in [0.29, 0.717) is 5.69 Å². The minimum absolute atomic E-state index is 0.0476. The van der Waals surface area contributed by atoms with Crippen molar-refractivity contribution < 1.29 is 8.42 Å². The molecule has 0 aliphatic heterocycles. The zero-order chi connectivity index (χ0) is 13.2. The number of nitrogens with one attached hydrogen (secondary N) is 1. The number of hydrogen-bond acceptors (Lipinski definition) is 5. The molecule has 8 heteroatoms. The van der Waals surface area contributed by atoms with Crippen molar-refractivity contribution in [2.45, 2.75) is 4.90 Å². The van der Waals surface area contributed by atoms with E-state index in [1.165, 1.54) is 36.8 Å². The average Bonchev–Trinajstić information content (AvgIpc) is 2.29. The largest absolute Gasteiger partial charge is 0.399 e. The first kappa shape index (κ1) is 12.6. The maximum Gasteiger partial charge on any atom is 0.264 e. The van der Waals surface area contributed by atoms with Crippen molar-refractivity contribution in [3.8, 4) is 0 Å². The van der Waals surface area contributed by atoms with E-state index in [-0.39, 0.29) is 15.7 Å². The third kappa shape index (κ3) is 2.69. The summed E-state index contributed by atoms with van der Waals surface area (Å²) in [7, 11) is -3.80. The molecule has 0 aliphatic carbocycles. The Morgan fingerprint density at radius 2 is 2.06 bits per heavy atom. The molecule has 0 amide bonds. The number of hydrogen-bond donors (Lipinski definition) is 2. The predicted molar refractivity (Wildman–Crippen MR) is 68.7 cm³/mol. The Bertz CT molecular complexity index is 661. The minimum Gasteiger partial charge on any atom is -0.399 e. The van der Waals surface area contributed by atoms with E-state index < -0.39 is 10.0 Å². The SMILES string of the molecule is Nc1ccc(S(=O)(=O)Nc2cnccn2)c(Cl)c1. The Hall–Kier alpha value is -1.86. The van der Waals surface area contributed by atoms with Crippen LogP contribution in [-0.4, -0.2) is 18.4 Å². The smallest absolute Gasteiger partial charge is 0.264 e. The van der Waals surface area contributed by atoms with Crippen molar-refractivity contribution >= 4 is 33.1 Å². The number of benzene rings is 1. The lowest BCUT2D eigenvalue weighted by molar-refractivity contribution is 0.601. The van der Waals surface area contributed by atoms with Crippen LogP contribution in [0.15, 0.2) is 41.7 Å². The zero-order valence-corrected chi connectivity index (χ0v) is 10.6. The molecular weight excluding hydrogens is 276 g/mol. The molecule has 94 valence electrons. The highest BCUT2D eigenvalue weighted by Gasteiger charge is 2.18. The van der Waals surface area contributed by atoms with Crippen LogP contribution in [0, 0.1) is 0 Å². The van der Waals surface area contributed by atoms with Gasteiger partial charge in [0.25, 0.3) is 10.0 Å². The van der Waals surface area contributed by atoms with Crippen molar-refractivity contribution in [1.82, 2.24) is 9.97 Å². The van der Waals surface area contributed by atoms with E-state index in [1.807, 2.05) is 0 Å².